The standard InChI is InChI=1S/C18H17FN2O4S2/c1-3-25-17(22)11-21-15-9-4-12(2)10-16(15)26-18(21)20-27(23,24)14-7-5-13(19)6-8-14/h4-10H,3,11H2,1-2H3. The van der Waals surface area contributed by atoms with Crippen molar-refractivity contribution in [3.05, 3.63) is 58.6 Å². The van der Waals surface area contributed by atoms with E-state index in [0.717, 1.165) is 45.9 Å². The minimum absolute atomic E-state index is 0.125. The zero-order valence-electron chi connectivity index (χ0n) is 14.7. The van der Waals surface area contributed by atoms with E-state index in [1.54, 1.807) is 6.92 Å². The molecular weight excluding hydrogens is 391 g/mol. The topological polar surface area (TPSA) is 77.7 Å². The number of carbonyl (C=O) groups is 1. The molecule has 0 radical (unpaired) electrons. The Kier molecular flexibility index (Phi) is 5.43. The van der Waals surface area contributed by atoms with Gasteiger partial charge in [0.2, 0.25) is 4.80 Å². The zero-order chi connectivity index (χ0) is 19.6. The summed E-state index contributed by atoms with van der Waals surface area (Å²) in [6, 6.07) is 10.00. The molecule has 1 aromatic heterocycles. The quantitative estimate of drug-likeness (QED) is 0.608. The van der Waals surface area contributed by atoms with E-state index in [1.807, 2.05) is 25.1 Å². The molecule has 0 saturated heterocycles. The summed E-state index contributed by atoms with van der Waals surface area (Å²) >= 11 is 1.16. The number of nitrogens with zero attached hydrogens (tertiary/aromatic N) is 2. The Morgan fingerprint density at radius 2 is 1.93 bits per heavy atom. The van der Waals surface area contributed by atoms with Gasteiger partial charge in [0.25, 0.3) is 10.0 Å². The lowest BCUT2D eigenvalue weighted by Gasteiger charge is -2.05. The summed E-state index contributed by atoms with van der Waals surface area (Å²) in [6.45, 7) is 3.68. The van der Waals surface area contributed by atoms with Gasteiger partial charge in [0, 0.05) is 0 Å². The van der Waals surface area contributed by atoms with Crippen LogP contribution in [0.15, 0.2) is 51.8 Å². The van der Waals surface area contributed by atoms with Gasteiger partial charge in [-0.15, -0.1) is 4.40 Å². The summed E-state index contributed by atoms with van der Waals surface area (Å²) in [5.74, 6) is -1.03. The summed E-state index contributed by atoms with van der Waals surface area (Å²) in [5.41, 5.74) is 1.69. The smallest absolute Gasteiger partial charge is 0.326 e. The maximum Gasteiger partial charge on any atom is 0.326 e. The third-order valence-electron chi connectivity index (χ3n) is 3.74. The first-order chi connectivity index (χ1) is 12.8. The third kappa shape index (κ3) is 4.25. The van der Waals surface area contributed by atoms with Gasteiger partial charge >= 0.3 is 5.97 Å². The maximum atomic E-state index is 13.1. The number of aryl methyl sites for hydroxylation is 1. The molecule has 0 atom stereocenters. The van der Waals surface area contributed by atoms with E-state index in [-0.39, 0.29) is 22.8 Å². The fraction of sp³-hybridized carbons (Fsp3) is 0.222. The molecule has 0 aliphatic rings. The largest absolute Gasteiger partial charge is 0.465 e. The molecule has 0 saturated carbocycles. The molecule has 0 aliphatic heterocycles. The summed E-state index contributed by atoms with van der Waals surface area (Å²) in [4.78, 5) is 12.0. The number of rotatable bonds is 5. The SMILES string of the molecule is CCOC(=O)Cn1c(=NS(=O)(=O)c2ccc(F)cc2)sc2cc(C)ccc21. The molecule has 0 unspecified atom stereocenters. The minimum atomic E-state index is -4.06. The van der Waals surface area contributed by atoms with Gasteiger partial charge in [-0.05, 0) is 55.8 Å². The number of benzene rings is 2. The van der Waals surface area contributed by atoms with Gasteiger partial charge in [-0.25, -0.2) is 4.39 Å². The second-order valence-electron chi connectivity index (χ2n) is 5.77. The van der Waals surface area contributed by atoms with Gasteiger partial charge in [0.15, 0.2) is 0 Å². The molecule has 3 aromatic rings. The Morgan fingerprint density at radius 3 is 2.59 bits per heavy atom. The minimum Gasteiger partial charge on any atom is -0.465 e. The fourth-order valence-electron chi connectivity index (χ4n) is 2.50. The van der Waals surface area contributed by atoms with Crippen molar-refractivity contribution in [2.75, 3.05) is 6.61 Å². The average Bonchev–Trinajstić information content (AvgIpc) is 2.91. The van der Waals surface area contributed by atoms with Gasteiger partial charge in [0.05, 0.1) is 21.7 Å². The Bertz CT molecular complexity index is 1160. The second-order valence-corrected chi connectivity index (χ2v) is 8.38. The van der Waals surface area contributed by atoms with Crippen LogP contribution in [0.4, 0.5) is 4.39 Å². The highest BCUT2D eigenvalue weighted by Crippen LogP contribution is 2.20. The first kappa shape index (κ1) is 19.2. The molecule has 142 valence electrons. The van der Waals surface area contributed by atoms with Crippen molar-refractivity contribution in [2.45, 2.75) is 25.3 Å². The predicted molar refractivity (Wildman–Crippen MR) is 100 cm³/mol. The molecule has 9 heteroatoms. The van der Waals surface area contributed by atoms with Crippen LogP contribution in [0.3, 0.4) is 0 Å². The van der Waals surface area contributed by atoms with Crippen LogP contribution in [-0.4, -0.2) is 25.6 Å². The Hall–Kier alpha value is -2.52. The van der Waals surface area contributed by atoms with Crippen LogP contribution in [-0.2, 0) is 26.1 Å². The fourth-order valence-corrected chi connectivity index (χ4v) is 4.83. The molecule has 0 fully saturated rings. The van der Waals surface area contributed by atoms with Crippen LogP contribution in [0, 0.1) is 12.7 Å². The lowest BCUT2D eigenvalue weighted by Crippen LogP contribution is -2.23. The Morgan fingerprint density at radius 1 is 1.22 bits per heavy atom. The molecule has 6 nitrogen and oxygen atoms in total. The van der Waals surface area contributed by atoms with Crippen molar-refractivity contribution in [2.24, 2.45) is 4.40 Å². The Balaban J connectivity index is 2.18. The monoisotopic (exact) mass is 408 g/mol. The van der Waals surface area contributed by atoms with Gasteiger partial charge in [-0.1, -0.05) is 17.4 Å². The maximum absolute atomic E-state index is 13.1. The van der Waals surface area contributed by atoms with Crippen LogP contribution in [0.5, 0.6) is 0 Å². The van der Waals surface area contributed by atoms with E-state index in [2.05, 4.69) is 4.40 Å². The number of aromatic nitrogens is 1. The van der Waals surface area contributed by atoms with Crippen molar-refractivity contribution in [3.63, 3.8) is 0 Å². The first-order valence-corrected chi connectivity index (χ1v) is 10.4. The van der Waals surface area contributed by atoms with Crippen LogP contribution in [0.2, 0.25) is 0 Å². The molecule has 2 aromatic carbocycles. The molecule has 0 bridgehead atoms. The molecule has 0 N–H and O–H groups in total. The van der Waals surface area contributed by atoms with Crippen molar-refractivity contribution in [1.82, 2.24) is 4.57 Å². The zero-order valence-corrected chi connectivity index (χ0v) is 16.3. The van der Waals surface area contributed by atoms with E-state index in [4.69, 9.17) is 4.74 Å². The summed E-state index contributed by atoms with van der Waals surface area (Å²) in [5, 5.41) is 0. The lowest BCUT2D eigenvalue weighted by molar-refractivity contribution is -0.143. The number of esters is 1. The summed E-state index contributed by atoms with van der Waals surface area (Å²) < 4.78 is 49.5. The van der Waals surface area contributed by atoms with Gasteiger partial charge in [-0.3, -0.25) is 4.79 Å². The molecule has 3 rings (SSSR count). The molecule has 27 heavy (non-hydrogen) atoms. The third-order valence-corrected chi connectivity index (χ3v) is 6.18. The highest BCUT2D eigenvalue weighted by molar-refractivity contribution is 7.90. The van der Waals surface area contributed by atoms with E-state index >= 15 is 0 Å². The summed E-state index contributed by atoms with van der Waals surface area (Å²) in [7, 11) is -4.06. The number of hydrogen-bond acceptors (Lipinski definition) is 5. The number of halogens is 1. The van der Waals surface area contributed by atoms with Crippen molar-refractivity contribution < 1.29 is 22.3 Å². The normalized spacial score (nSPS) is 12.5. The molecule has 0 amide bonds. The van der Waals surface area contributed by atoms with Gasteiger partial charge in [0.1, 0.15) is 12.4 Å². The number of sulfonamides is 1. The van der Waals surface area contributed by atoms with Gasteiger partial charge in [-0.2, -0.15) is 8.42 Å². The lowest BCUT2D eigenvalue weighted by atomic mass is 10.2. The first-order valence-electron chi connectivity index (χ1n) is 8.12. The Labute approximate surface area is 159 Å². The number of fused-ring (bicyclic) bond motifs is 1. The van der Waals surface area contributed by atoms with Crippen molar-refractivity contribution in [3.8, 4) is 0 Å². The molecule has 0 aliphatic carbocycles. The van der Waals surface area contributed by atoms with E-state index in [9.17, 15) is 17.6 Å². The van der Waals surface area contributed by atoms with Gasteiger partial charge < -0.3 is 9.30 Å². The summed E-state index contributed by atoms with van der Waals surface area (Å²) in [6.07, 6.45) is 0. The van der Waals surface area contributed by atoms with E-state index in [0.29, 0.717) is 5.52 Å². The number of thiazole rings is 1. The number of carbonyl (C=O) groups excluding carboxylic acids is 1. The molecule has 1 heterocycles. The highest BCUT2D eigenvalue weighted by Gasteiger charge is 2.16. The molecular formula is C18H17FN2O4S2. The van der Waals surface area contributed by atoms with Crippen LogP contribution < -0.4 is 4.80 Å². The highest BCUT2D eigenvalue weighted by atomic mass is 32.2. The predicted octanol–water partition coefficient (Wildman–Crippen LogP) is 3.00. The van der Waals surface area contributed by atoms with Crippen molar-refractivity contribution >= 4 is 37.5 Å². The number of hydrogen-bond donors (Lipinski definition) is 0. The van der Waals surface area contributed by atoms with E-state index < -0.39 is 21.8 Å². The van der Waals surface area contributed by atoms with Crippen LogP contribution in [0.25, 0.3) is 10.2 Å². The van der Waals surface area contributed by atoms with Crippen molar-refractivity contribution in [1.29, 1.82) is 0 Å². The molecule has 0 spiro atoms. The average molecular weight is 408 g/mol. The number of ether oxygens (including phenoxy) is 1. The van der Waals surface area contributed by atoms with Crippen LogP contribution >= 0.6 is 11.3 Å². The second kappa shape index (κ2) is 7.61. The van der Waals surface area contributed by atoms with Crippen LogP contribution in [0.1, 0.15) is 12.5 Å². The van der Waals surface area contributed by atoms with E-state index in [1.165, 1.54) is 4.57 Å².